The Kier molecular flexibility index (Phi) is 4.24. The number of carbonyl (C=O) groups excluding carboxylic acids is 2. The highest BCUT2D eigenvalue weighted by molar-refractivity contribution is 7.20. The third kappa shape index (κ3) is 3.03. The van der Waals surface area contributed by atoms with Gasteiger partial charge in [-0.15, -0.1) is 16.4 Å². The molecule has 1 aromatic carbocycles. The van der Waals surface area contributed by atoms with E-state index < -0.39 is 0 Å². The summed E-state index contributed by atoms with van der Waals surface area (Å²) in [5.74, 6) is -0.0783. The molecule has 0 saturated carbocycles. The smallest absolute Gasteiger partial charge is 0.264 e. The van der Waals surface area contributed by atoms with Crippen molar-refractivity contribution in [3.05, 3.63) is 53.0 Å². The average Bonchev–Trinajstić information content (AvgIpc) is 3.36. The fourth-order valence-electron chi connectivity index (χ4n) is 3.63. The minimum Gasteiger partial charge on any atom is -0.335 e. The van der Waals surface area contributed by atoms with Crippen molar-refractivity contribution in [3.8, 4) is 0 Å². The highest BCUT2D eigenvalue weighted by Gasteiger charge is 2.28. The molecular formula is C20H18N6O2S. The van der Waals surface area contributed by atoms with Gasteiger partial charge in [0.05, 0.1) is 10.4 Å². The Morgan fingerprint density at radius 3 is 2.48 bits per heavy atom. The highest BCUT2D eigenvalue weighted by atomic mass is 32.1. The standard InChI is InChI=1S/C20H18N6O2S/c1-24-18-17(22-23-24)14(6-7-21-18)19(27)25-8-10-26(11-9-25)20(28)16-12-13-4-2-3-5-15(13)29-16/h2-7,12H,8-11H2,1H3. The fraction of sp³-hybridized carbons (Fsp3) is 0.250. The molecule has 0 spiro atoms. The fourth-order valence-corrected chi connectivity index (χ4v) is 4.66. The van der Waals surface area contributed by atoms with Crippen LogP contribution in [0.15, 0.2) is 42.6 Å². The number of rotatable bonds is 2. The average molecular weight is 406 g/mol. The number of benzene rings is 1. The number of aromatic nitrogens is 4. The van der Waals surface area contributed by atoms with E-state index in [1.54, 1.807) is 28.9 Å². The number of nitrogens with zero attached hydrogens (tertiary/aromatic N) is 6. The molecule has 5 rings (SSSR count). The second kappa shape index (κ2) is 6.93. The molecule has 0 unspecified atom stereocenters. The first-order chi connectivity index (χ1) is 14.1. The number of aryl methyl sites for hydroxylation is 1. The number of piperazine rings is 1. The largest absolute Gasteiger partial charge is 0.335 e. The molecular weight excluding hydrogens is 388 g/mol. The van der Waals surface area contributed by atoms with E-state index in [9.17, 15) is 9.59 Å². The van der Waals surface area contributed by atoms with E-state index in [-0.39, 0.29) is 11.8 Å². The van der Waals surface area contributed by atoms with Crippen LogP contribution in [0.5, 0.6) is 0 Å². The Morgan fingerprint density at radius 1 is 1.00 bits per heavy atom. The van der Waals surface area contributed by atoms with Gasteiger partial charge in [0.2, 0.25) is 0 Å². The molecule has 1 aliphatic heterocycles. The Morgan fingerprint density at radius 2 is 1.72 bits per heavy atom. The van der Waals surface area contributed by atoms with Gasteiger partial charge in [0.25, 0.3) is 11.8 Å². The van der Waals surface area contributed by atoms with E-state index in [2.05, 4.69) is 15.3 Å². The van der Waals surface area contributed by atoms with Crippen LogP contribution in [0.4, 0.5) is 0 Å². The van der Waals surface area contributed by atoms with Gasteiger partial charge in [-0.3, -0.25) is 9.59 Å². The summed E-state index contributed by atoms with van der Waals surface area (Å²) < 4.78 is 2.66. The van der Waals surface area contributed by atoms with Crippen LogP contribution < -0.4 is 0 Å². The number of hydrogen-bond acceptors (Lipinski definition) is 6. The molecule has 2 amide bonds. The molecule has 3 aromatic heterocycles. The first kappa shape index (κ1) is 17.7. The number of carbonyl (C=O) groups is 2. The topological polar surface area (TPSA) is 84.2 Å². The summed E-state index contributed by atoms with van der Waals surface area (Å²) in [6, 6.07) is 11.6. The minimum atomic E-state index is -0.105. The van der Waals surface area contributed by atoms with Crippen molar-refractivity contribution in [1.29, 1.82) is 0 Å². The molecule has 0 radical (unpaired) electrons. The molecule has 4 aromatic rings. The molecule has 1 aliphatic rings. The maximum absolute atomic E-state index is 13.0. The Bertz CT molecular complexity index is 1210. The van der Waals surface area contributed by atoms with Gasteiger partial charge in [0, 0.05) is 44.1 Å². The predicted molar refractivity (Wildman–Crippen MR) is 110 cm³/mol. The molecule has 4 heterocycles. The Balaban J connectivity index is 1.30. The number of thiophene rings is 1. The van der Waals surface area contributed by atoms with Gasteiger partial charge in [-0.05, 0) is 23.6 Å². The van der Waals surface area contributed by atoms with E-state index in [4.69, 9.17) is 0 Å². The normalized spacial score (nSPS) is 14.7. The first-order valence-corrected chi connectivity index (χ1v) is 10.1. The van der Waals surface area contributed by atoms with E-state index in [1.165, 1.54) is 11.3 Å². The van der Waals surface area contributed by atoms with Crippen LogP contribution >= 0.6 is 11.3 Å². The van der Waals surface area contributed by atoms with Gasteiger partial charge >= 0.3 is 0 Å². The second-order valence-electron chi connectivity index (χ2n) is 6.98. The molecule has 1 fully saturated rings. The van der Waals surface area contributed by atoms with Gasteiger partial charge < -0.3 is 9.80 Å². The van der Waals surface area contributed by atoms with Crippen LogP contribution in [0.3, 0.4) is 0 Å². The summed E-state index contributed by atoms with van der Waals surface area (Å²) in [7, 11) is 1.75. The van der Waals surface area contributed by atoms with Gasteiger partial charge in [0.15, 0.2) is 5.65 Å². The van der Waals surface area contributed by atoms with Gasteiger partial charge in [-0.2, -0.15) is 0 Å². The Labute approximate surface area is 170 Å². The molecule has 146 valence electrons. The van der Waals surface area contributed by atoms with Crippen molar-refractivity contribution in [2.75, 3.05) is 26.2 Å². The lowest BCUT2D eigenvalue weighted by molar-refractivity contribution is 0.0539. The molecule has 29 heavy (non-hydrogen) atoms. The Hall–Kier alpha value is -3.33. The van der Waals surface area contributed by atoms with Crippen molar-refractivity contribution in [1.82, 2.24) is 29.8 Å². The molecule has 1 saturated heterocycles. The summed E-state index contributed by atoms with van der Waals surface area (Å²) in [6.07, 6.45) is 1.60. The monoisotopic (exact) mass is 406 g/mol. The van der Waals surface area contributed by atoms with Gasteiger partial charge in [0.1, 0.15) is 5.52 Å². The number of fused-ring (bicyclic) bond motifs is 2. The van der Waals surface area contributed by atoms with Crippen LogP contribution in [-0.2, 0) is 7.05 Å². The molecule has 0 N–H and O–H groups in total. The van der Waals surface area contributed by atoms with Crippen LogP contribution in [0.1, 0.15) is 20.0 Å². The van der Waals surface area contributed by atoms with Crippen molar-refractivity contribution >= 4 is 44.4 Å². The zero-order valence-corrected chi connectivity index (χ0v) is 16.6. The van der Waals surface area contributed by atoms with Crippen molar-refractivity contribution < 1.29 is 9.59 Å². The quantitative estimate of drug-likeness (QED) is 0.509. The van der Waals surface area contributed by atoms with Crippen molar-refractivity contribution in [2.45, 2.75) is 0 Å². The summed E-state index contributed by atoms with van der Waals surface area (Å²) in [5, 5.41) is 9.11. The van der Waals surface area contributed by atoms with Gasteiger partial charge in [-0.25, -0.2) is 9.67 Å². The first-order valence-electron chi connectivity index (χ1n) is 9.33. The van der Waals surface area contributed by atoms with E-state index in [0.717, 1.165) is 15.0 Å². The van der Waals surface area contributed by atoms with E-state index >= 15 is 0 Å². The van der Waals surface area contributed by atoms with E-state index in [1.807, 2.05) is 35.2 Å². The molecule has 9 heteroatoms. The maximum Gasteiger partial charge on any atom is 0.264 e. The SMILES string of the molecule is Cn1nnc2c(C(=O)N3CCN(C(=O)c4cc5ccccc5s4)CC3)ccnc21. The van der Waals surface area contributed by atoms with E-state index in [0.29, 0.717) is 42.9 Å². The van der Waals surface area contributed by atoms with Crippen LogP contribution in [0.25, 0.3) is 21.3 Å². The van der Waals surface area contributed by atoms with Crippen LogP contribution in [0.2, 0.25) is 0 Å². The minimum absolute atomic E-state index is 0.0264. The zero-order valence-electron chi connectivity index (χ0n) is 15.8. The maximum atomic E-state index is 13.0. The molecule has 0 bridgehead atoms. The predicted octanol–water partition coefficient (Wildman–Crippen LogP) is 2.18. The third-order valence-electron chi connectivity index (χ3n) is 5.21. The molecule has 0 atom stereocenters. The summed E-state index contributed by atoms with van der Waals surface area (Å²) in [6.45, 7) is 1.99. The lowest BCUT2D eigenvalue weighted by Gasteiger charge is -2.34. The van der Waals surface area contributed by atoms with Gasteiger partial charge in [-0.1, -0.05) is 23.4 Å². The van der Waals surface area contributed by atoms with Crippen LogP contribution in [0, 0.1) is 0 Å². The molecule has 0 aliphatic carbocycles. The third-order valence-corrected chi connectivity index (χ3v) is 6.32. The lowest BCUT2D eigenvalue weighted by atomic mass is 10.2. The zero-order chi connectivity index (χ0) is 20.0. The van der Waals surface area contributed by atoms with Crippen molar-refractivity contribution in [2.24, 2.45) is 7.05 Å². The number of pyridine rings is 1. The summed E-state index contributed by atoms with van der Waals surface area (Å²) in [4.78, 5) is 34.5. The second-order valence-corrected chi connectivity index (χ2v) is 8.06. The lowest BCUT2D eigenvalue weighted by Crippen LogP contribution is -2.50. The number of amides is 2. The molecule has 8 nitrogen and oxygen atoms in total. The van der Waals surface area contributed by atoms with Crippen LogP contribution in [-0.4, -0.2) is 67.8 Å². The van der Waals surface area contributed by atoms with Crippen molar-refractivity contribution in [3.63, 3.8) is 0 Å². The summed E-state index contributed by atoms with van der Waals surface area (Å²) in [5.41, 5.74) is 1.57. The number of hydrogen-bond donors (Lipinski definition) is 0. The summed E-state index contributed by atoms with van der Waals surface area (Å²) >= 11 is 1.51. The highest BCUT2D eigenvalue weighted by Crippen LogP contribution is 2.26.